The van der Waals surface area contributed by atoms with Crippen molar-refractivity contribution in [3.8, 4) is 5.75 Å². The summed E-state index contributed by atoms with van der Waals surface area (Å²) in [6, 6.07) is 9.79. The van der Waals surface area contributed by atoms with Gasteiger partial charge in [0.15, 0.2) is 0 Å². The molecule has 0 bridgehead atoms. The third kappa shape index (κ3) is 14.1. The number of amides is 3. The summed E-state index contributed by atoms with van der Waals surface area (Å²) in [6.07, 6.45) is 7.25. The Morgan fingerprint density at radius 2 is 1.68 bits per heavy atom. The second-order valence-corrected chi connectivity index (χ2v) is 18.2. The molecule has 0 radical (unpaired) electrons. The molecule has 330 valence electrons. The molecule has 1 saturated heterocycles. The van der Waals surface area contributed by atoms with Gasteiger partial charge < -0.3 is 29.6 Å². The molecule has 0 saturated carbocycles. The predicted molar refractivity (Wildman–Crippen MR) is 233 cm³/mol. The number of nitrogens with one attached hydrogen (secondary N) is 3. The fourth-order valence-corrected chi connectivity index (χ4v) is 8.25. The van der Waals surface area contributed by atoms with Crippen molar-refractivity contribution in [3.05, 3.63) is 96.0 Å². The Hall–Kier alpha value is -4.35. The number of methoxy groups -OCH3 is 2. The molecule has 3 N–H and O–H groups in total. The number of sulfone groups is 1. The van der Waals surface area contributed by atoms with E-state index >= 15 is 0 Å². The number of rotatable bonds is 23. The Morgan fingerprint density at radius 3 is 2.30 bits per heavy atom. The van der Waals surface area contributed by atoms with Gasteiger partial charge in [-0.2, -0.15) is 0 Å². The predicted octanol–water partition coefficient (Wildman–Crippen LogP) is 5.48. The molecule has 0 aliphatic carbocycles. The van der Waals surface area contributed by atoms with Crippen LogP contribution < -0.4 is 20.8 Å². The van der Waals surface area contributed by atoms with Gasteiger partial charge in [0.05, 0.1) is 29.6 Å². The van der Waals surface area contributed by atoms with Crippen LogP contribution in [0.1, 0.15) is 59.4 Å². The number of benzene rings is 2. The molecule has 3 rings (SSSR count). The second kappa shape index (κ2) is 24.2. The van der Waals surface area contributed by atoms with Gasteiger partial charge in [-0.1, -0.05) is 86.6 Å². The normalized spacial score (nSPS) is 18.0. The molecule has 1 aliphatic rings. The van der Waals surface area contributed by atoms with Crippen molar-refractivity contribution in [2.75, 3.05) is 27.4 Å². The number of esters is 1. The largest absolute Gasteiger partial charge is 0.474 e. The summed E-state index contributed by atoms with van der Waals surface area (Å²) in [5.74, 6) is -3.20. The third-order valence-corrected chi connectivity index (χ3v) is 12.7. The average Bonchev–Trinajstić information content (AvgIpc) is 3.22. The van der Waals surface area contributed by atoms with Crippen LogP contribution in [0.2, 0.25) is 0 Å². The van der Waals surface area contributed by atoms with Gasteiger partial charge in [-0.25, -0.2) is 13.8 Å². The first-order chi connectivity index (χ1) is 28.5. The van der Waals surface area contributed by atoms with Gasteiger partial charge in [-0.15, -0.1) is 6.58 Å². The fraction of sp³-hybridized carbons (Fsp3) is 0.500. The van der Waals surface area contributed by atoms with Crippen molar-refractivity contribution >= 4 is 49.5 Å². The minimum atomic E-state index is -3.88. The van der Waals surface area contributed by atoms with E-state index in [4.69, 9.17) is 18.9 Å². The van der Waals surface area contributed by atoms with E-state index in [1.54, 1.807) is 82.5 Å². The monoisotopic (exact) mass is 916 g/mol. The number of ether oxygens (including phenoxy) is 4. The van der Waals surface area contributed by atoms with Crippen molar-refractivity contribution < 1.29 is 46.5 Å². The minimum absolute atomic E-state index is 0.0443. The number of hydrazine groups is 1. The van der Waals surface area contributed by atoms with E-state index in [2.05, 4.69) is 45.1 Å². The number of allylic oxidation sites excluding steroid dienone is 2. The van der Waals surface area contributed by atoms with Gasteiger partial charge >= 0.3 is 5.97 Å². The van der Waals surface area contributed by atoms with E-state index in [1.165, 1.54) is 31.2 Å². The molecule has 2 aromatic carbocycles. The molecule has 1 fully saturated rings. The molecule has 0 spiro atoms. The number of hydrogen-bond donors (Lipinski definition) is 3. The number of carbonyl (C=O) groups excluding carboxylic acids is 4. The summed E-state index contributed by atoms with van der Waals surface area (Å²) in [4.78, 5) is 55.4. The zero-order chi connectivity index (χ0) is 44.6. The lowest BCUT2D eigenvalue weighted by molar-refractivity contribution is -0.153. The van der Waals surface area contributed by atoms with Gasteiger partial charge in [0.2, 0.25) is 27.1 Å². The van der Waals surface area contributed by atoms with E-state index in [9.17, 15) is 27.6 Å². The van der Waals surface area contributed by atoms with E-state index < -0.39 is 75.0 Å². The molecule has 3 amide bonds. The molecule has 1 unspecified atom stereocenters. The fourth-order valence-electron chi connectivity index (χ4n) is 6.85. The lowest BCUT2D eigenvalue weighted by atomic mass is 9.87. The Balaban J connectivity index is 1.90. The van der Waals surface area contributed by atoms with Crippen LogP contribution >= 0.6 is 15.9 Å². The first kappa shape index (κ1) is 50.0. The summed E-state index contributed by atoms with van der Waals surface area (Å²) in [6.45, 7) is 16.4. The maximum Gasteiger partial charge on any atom is 0.324 e. The van der Waals surface area contributed by atoms with Crippen LogP contribution in [0.5, 0.6) is 5.75 Å². The van der Waals surface area contributed by atoms with Crippen LogP contribution in [0.25, 0.3) is 0 Å². The van der Waals surface area contributed by atoms with Gasteiger partial charge in [-0.05, 0) is 74.1 Å². The standard InChI is InChI=1S/C44H61BrN4O10S/c1-10-12-19-38(56-8)29(5)40(57-9)30(6)41(50)47-39(28(3)4)42(51)46-37(43(52)49-24-15-18-36(48-49)44(53)58-25-13-11-2)27-32-16-14-17-34(26-32)59-31(7)60(54,55)35-22-20-33(45)21-23-35/h10-12,14,16-17,19-23,26,28-31,36-40,48H,1-2,13,15,18,24-25,27H2,3-9H3,(H,46,51)(H,47,50)/b19-12+/t29-,30+,31?,36-,37-,38-,39-,40+/m0/s1. The van der Waals surface area contributed by atoms with Crippen molar-refractivity contribution in [1.29, 1.82) is 0 Å². The molecule has 16 heteroatoms. The highest BCUT2D eigenvalue weighted by molar-refractivity contribution is 9.10. The summed E-state index contributed by atoms with van der Waals surface area (Å²) >= 11 is 3.32. The van der Waals surface area contributed by atoms with Gasteiger partial charge in [0.1, 0.15) is 23.9 Å². The zero-order valence-corrected chi connectivity index (χ0v) is 38.0. The van der Waals surface area contributed by atoms with Gasteiger partial charge in [0.25, 0.3) is 5.91 Å². The SMILES string of the molecule is C=C/C=C/[C@H](OC)[C@H](C)[C@@H](OC)[C@@H](C)C(=O)N[C@H](C(=O)N[C@@H](Cc1cccc(OC(C)S(=O)(=O)c2ccc(Br)cc2)c1)C(=O)N1CCC[C@@H](C(=O)OCCC=C)N1)C(C)C. The maximum absolute atomic E-state index is 14.4. The molecule has 2 aromatic rings. The Morgan fingerprint density at radius 1 is 0.983 bits per heavy atom. The van der Waals surface area contributed by atoms with Crippen LogP contribution in [-0.2, 0) is 49.6 Å². The maximum atomic E-state index is 14.4. The van der Waals surface area contributed by atoms with Crippen molar-refractivity contribution in [3.63, 3.8) is 0 Å². The van der Waals surface area contributed by atoms with Crippen LogP contribution in [-0.4, -0.2) is 100 Å². The average molecular weight is 918 g/mol. The molecule has 14 nitrogen and oxygen atoms in total. The summed E-state index contributed by atoms with van der Waals surface area (Å²) in [7, 11) is -0.795. The topological polar surface area (TPSA) is 179 Å². The van der Waals surface area contributed by atoms with Crippen LogP contribution in [0.3, 0.4) is 0 Å². The summed E-state index contributed by atoms with van der Waals surface area (Å²) in [5, 5.41) is 7.08. The highest BCUT2D eigenvalue weighted by atomic mass is 79.9. The van der Waals surface area contributed by atoms with E-state index in [0.717, 1.165) is 4.47 Å². The van der Waals surface area contributed by atoms with Crippen LogP contribution in [0.4, 0.5) is 0 Å². The van der Waals surface area contributed by atoms with Gasteiger partial charge in [0, 0.05) is 37.6 Å². The Labute approximate surface area is 363 Å². The number of halogens is 1. The van der Waals surface area contributed by atoms with Gasteiger partial charge in [-0.3, -0.25) is 24.2 Å². The highest BCUT2D eigenvalue weighted by Gasteiger charge is 2.38. The Bertz CT molecular complexity index is 1910. The number of carbonyl (C=O) groups is 4. The van der Waals surface area contributed by atoms with Crippen molar-refractivity contribution in [2.45, 2.75) is 101 Å². The zero-order valence-electron chi connectivity index (χ0n) is 35.6. The third-order valence-electron chi connectivity index (χ3n) is 10.3. The molecule has 1 aliphatic heterocycles. The molecular weight excluding hydrogens is 856 g/mol. The van der Waals surface area contributed by atoms with Crippen molar-refractivity contribution in [1.82, 2.24) is 21.1 Å². The molecule has 8 atom stereocenters. The second-order valence-electron chi connectivity index (χ2n) is 15.1. The van der Waals surface area contributed by atoms with Crippen LogP contribution in [0.15, 0.2) is 95.4 Å². The smallest absolute Gasteiger partial charge is 0.324 e. The quantitative estimate of drug-likeness (QED) is 0.0557. The van der Waals surface area contributed by atoms with Crippen molar-refractivity contribution in [2.24, 2.45) is 17.8 Å². The molecule has 0 aromatic heterocycles. The minimum Gasteiger partial charge on any atom is -0.474 e. The number of hydrogen-bond acceptors (Lipinski definition) is 11. The summed E-state index contributed by atoms with van der Waals surface area (Å²) < 4.78 is 50.1. The lowest BCUT2D eigenvalue weighted by Gasteiger charge is -2.36. The van der Waals surface area contributed by atoms with E-state index in [1.807, 2.05) is 13.0 Å². The lowest BCUT2D eigenvalue weighted by Crippen LogP contribution is -2.62. The molecular formula is C44H61BrN4O10S. The van der Waals surface area contributed by atoms with Crippen LogP contribution in [0, 0.1) is 17.8 Å². The Kier molecular flexibility index (Phi) is 20.2. The van der Waals surface area contributed by atoms with E-state index in [-0.39, 0.29) is 42.2 Å². The molecule has 60 heavy (non-hydrogen) atoms. The first-order valence-electron chi connectivity index (χ1n) is 20.0. The summed E-state index contributed by atoms with van der Waals surface area (Å²) in [5.41, 5.74) is 2.27. The first-order valence-corrected chi connectivity index (χ1v) is 22.4. The highest BCUT2D eigenvalue weighted by Crippen LogP contribution is 2.25. The molecule has 1 heterocycles. The van der Waals surface area contributed by atoms with E-state index in [0.29, 0.717) is 24.8 Å². The number of nitrogens with zero attached hydrogens (tertiary/aromatic N) is 1.